The maximum absolute atomic E-state index is 15.3. The van der Waals surface area contributed by atoms with E-state index in [-0.39, 0.29) is 17.3 Å². The van der Waals surface area contributed by atoms with E-state index < -0.39 is 43.6 Å². The van der Waals surface area contributed by atoms with Gasteiger partial charge in [-0.1, -0.05) is 6.07 Å². The van der Waals surface area contributed by atoms with Crippen LogP contribution in [0.2, 0.25) is 0 Å². The van der Waals surface area contributed by atoms with Crippen LogP contribution in [0.4, 0.5) is 24.8 Å². The van der Waals surface area contributed by atoms with Crippen molar-refractivity contribution in [3.63, 3.8) is 0 Å². The van der Waals surface area contributed by atoms with E-state index in [1.165, 1.54) is 31.5 Å². The van der Waals surface area contributed by atoms with Crippen LogP contribution in [-0.4, -0.2) is 25.5 Å². The summed E-state index contributed by atoms with van der Waals surface area (Å²) >= 11 is 0. The topological polar surface area (TPSA) is 107 Å². The fourth-order valence-corrected chi connectivity index (χ4v) is 4.40. The lowest BCUT2D eigenvalue weighted by molar-refractivity contribution is 0.401. The van der Waals surface area contributed by atoms with Crippen molar-refractivity contribution in [1.82, 2.24) is 9.97 Å². The lowest BCUT2D eigenvalue weighted by atomic mass is 10.0. The van der Waals surface area contributed by atoms with Gasteiger partial charge in [-0.2, -0.15) is 0 Å². The molecule has 0 saturated heterocycles. The second-order valence-electron chi connectivity index (χ2n) is 6.69. The number of hydrogen-bond acceptors (Lipinski definition) is 6. The van der Waals surface area contributed by atoms with Gasteiger partial charge in [-0.15, -0.1) is 0 Å². The van der Waals surface area contributed by atoms with Gasteiger partial charge in [-0.25, -0.2) is 31.6 Å². The molecule has 164 valence electrons. The molecule has 0 radical (unpaired) electrons. The number of anilines is 2. The Bertz CT molecular complexity index is 1460. The Labute approximate surface area is 180 Å². The fraction of sp³-hybridized carbons (Fsp3) is 0.0476. The lowest BCUT2D eigenvalue weighted by Gasteiger charge is -2.14. The molecule has 4 rings (SSSR count). The minimum Gasteiger partial charge on any atom is -0.495 e. The van der Waals surface area contributed by atoms with Crippen molar-refractivity contribution in [2.24, 2.45) is 0 Å². The number of benzene rings is 3. The molecule has 3 N–H and O–H groups in total. The Morgan fingerprint density at radius 3 is 2.56 bits per heavy atom. The van der Waals surface area contributed by atoms with Crippen LogP contribution in [0.1, 0.15) is 0 Å². The minimum absolute atomic E-state index is 0.0480. The highest BCUT2D eigenvalue weighted by Gasteiger charge is 2.24. The van der Waals surface area contributed by atoms with Crippen LogP contribution in [0.3, 0.4) is 0 Å². The van der Waals surface area contributed by atoms with Crippen molar-refractivity contribution in [2.45, 2.75) is 4.90 Å². The van der Waals surface area contributed by atoms with Gasteiger partial charge >= 0.3 is 0 Å². The highest BCUT2D eigenvalue weighted by atomic mass is 32.2. The molecule has 0 atom stereocenters. The largest absolute Gasteiger partial charge is 0.495 e. The van der Waals surface area contributed by atoms with Gasteiger partial charge < -0.3 is 10.5 Å². The second-order valence-corrected chi connectivity index (χ2v) is 8.34. The van der Waals surface area contributed by atoms with Crippen LogP contribution >= 0.6 is 0 Å². The Morgan fingerprint density at radius 2 is 1.81 bits per heavy atom. The van der Waals surface area contributed by atoms with E-state index in [0.29, 0.717) is 10.9 Å². The summed E-state index contributed by atoms with van der Waals surface area (Å²) in [6, 6.07) is 9.11. The van der Waals surface area contributed by atoms with Crippen molar-refractivity contribution in [2.75, 3.05) is 17.6 Å². The van der Waals surface area contributed by atoms with Gasteiger partial charge in [0.2, 0.25) is 5.95 Å². The third-order valence-electron chi connectivity index (χ3n) is 4.64. The van der Waals surface area contributed by atoms with Gasteiger partial charge in [0.15, 0.2) is 5.82 Å². The molecule has 0 bridgehead atoms. The third kappa shape index (κ3) is 3.89. The summed E-state index contributed by atoms with van der Waals surface area (Å²) in [5.74, 6) is -2.99. The summed E-state index contributed by atoms with van der Waals surface area (Å²) in [6.07, 6.45) is 1.40. The Kier molecular flexibility index (Phi) is 5.35. The van der Waals surface area contributed by atoms with Gasteiger partial charge in [0, 0.05) is 11.6 Å². The van der Waals surface area contributed by atoms with E-state index in [4.69, 9.17) is 10.5 Å². The highest BCUT2D eigenvalue weighted by Crippen LogP contribution is 2.34. The summed E-state index contributed by atoms with van der Waals surface area (Å²) in [7, 11) is -3.26. The first-order valence-electron chi connectivity index (χ1n) is 9.06. The molecule has 0 aliphatic carbocycles. The van der Waals surface area contributed by atoms with Crippen LogP contribution in [-0.2, 0) is 10.0 Å². The molecule has 1 heterocycles. The highest BCUT2D eigenvalue weighted by molar-refractivity contribution is 7.92. The lowest BCUT2D eigenvalue weighted by Crippen LogP contribution is -2.16. The molecule has 11 heteroatoms. The number of methoxy groups -OCH3 is 1. The van der Waals surface area contributed by atoms with E-state index in [1.807, 2.05) is 4.72 Å². The molecule has 32 heavy (non-hydrogen) atoms. The zero-order chi connectivity index (χ0) is 23.0. The smallest absolute Gasteiger partial charge is 0.265 e. The van der Waals surface area contributed by atoms with Crippen molar-refractivity contribution in [3.05, 3.63) is 72.2 Å². The number of hydrogen-bond donors (Lipinski definition) is 2. The van der Waals surface area contributed by atoms with Gasteiger partial charge in [0.05, 0.1) is 23.9 Å². The standard InChI is InChI=1S/C21H15F3N4O3S/c1-31-17-7-3-13(22)9-18(17)32(29,30)28-16-6-4-14(23)19(20(16)24)11-2-5-15-12(8-11)10-26-21(25)27-15/h2-10,28H,1H3,(H2,25,26,27). The predicted octanol–water partition coefficient (Wildman–Crippen LogP) is 4.11. The maximum atomic E-state index is 15.3. The predicted molar refractivity (Wildman–Crippen MR) is 113 cm³/mol. The summed E-state index contributed by atoms with van der Waals surface area (Å²) < 4.78 is 76.0. The SMILES string of the molecule is COc1ccc(F)cc1S(=O)(=O)Nc1ccc(F)c(-c2ccc3nc(N)ncc3c2)c1F. The first-order valence-corrected chi connectivity index (χ1v) is 10.5. The first kappa shape index (κ1) is 21.4. The number of halogens is 3. The zero-order valence-corrected chi connectivity index (χ0v) is 17.3. The van der Waals surface area contributed by atoms with Gasteiger partial charge in [0.1, 0.15) is 22.3 Å². The fourth-order valence-electron chi connectivity index (χ4n) is 3.16. The van der Waals surface area contributed by atoms with E-state index in [1.54, 1.807) is 0 Å². The number of nitrogen functional groups attached to an aromatic ring is 1. The normalized spacial score (nSPS) is 11.5. The molecular formula is C21H15F3N4O3S. The van der Waals surface area contributed by atoms with Crippen LogP contribution in [0.5, 0.6) is 5.75 Å². The molecule has 0 unspecified atom stereocenters. The van der Waals surface area contributed by atoms with Gasteiger partial charge in [-0.05, 0) is 48.0 Å². The summed E-state index contributed by atoms with van der Waals surface area (Å²) in [5, 5.41) is 0.478. The number of nitrogens with one attached hydrogen (secondary N) is 1. The Hall–Kier alpha value is -3.86. The first-order chi connectivity index (χ1) is 15.2. The monoisotopic (exact) mass is 460 g/mol. The quantitative estimate of drug-likeness (QED) is 0.464. The van der Waals surface area contributed by atoms with Crippen LogP contribution < -0.4 is 15.2 Å². The number of rotatable bonds is 5. The Balaban J connectivity index is 1.79. The van der Waals surface area contributed by atoms with Crippen molar-refractivity contribution < 1.29 is 26.3 Å². The second kappa shape index (κ2) is 8.00. The van der Waals surface area contributed by atoms with Crippen molar-refractivity contribution in [1.29, 1.82) is 0 Å². The molecule has 7 nitrogen and oxygen atoms in total. The summed E-state index contributed by atoms with van der Waals surface area (Å²) in [6.45, 7) is 0. The third-order valence-corrected chi connectivity index (χ3v) is 6.02. The van der Waals surface area contributed by atoms with Gasteiger partial charge in [-0.3, -0.25) is 4.72 Å². The van der Waals surface area contributed by atoms with Gasteiger partial charge in [0.25, 0.3) is 10.0 Å². The number of aromatic nitrogens is 2. The molecular weight excluding hydrogens is 445 g/mol. The van der Waals surface area contributed by atoms with E-state index in [0.717, 1.165) is 30.3 Å². The van der Waals surface area contributed by atoms with Crippen LogP contribution in [0.15, 0.2) is 59.6 Å². The molecule has 4 aromatic rings. The molecule has 3 aromatic carbocycles. The van der Waals surface area contributed by atoms with E-state index in [2.05, 4.69) is 9.97 Å². The number of nitrogens with zero attached hydrogens (tertiary/aromatic N) is 2. The van der Waals surface area contributed by atoms with Crippen molar-refractivity contribution >= 4 is 32.6 Å². The average Bonchev–Trinajstić information content (AvgIpc) is 2.76. The molecule has 0 saturated carbocycles. The Morgan fingerprint density at radius 1 is 1.03 bits per heavy atom. The van der Waals surface area contributed by atoms with Crippen LogP contribution in [0, 0.1) is 17.5 Å². The molecule has 0 amide bonds. The van der Waals surface area contributed by atoms with Crippen LogP contribution in [0.25, 0.3) is 22.0 Å². The summed E-state index contributed by atoms with van der Waals surface area (Å²) in [5.41, 5.74) is 5.15. The van der Waals surface area contributed by atoms with E-state index in [9.17, 15) is 17.2 Å². The zero-order valence-electron chi connectivity index (χ0n) is 16.4. The molecule has 1 aromatic heterocycles. The number of nitrogens with two attached hydrogens (primary N) is 1. The number of sulfonamides is 1. The molecule has 0 fully saturated rings. The number of ether oxygens (including phenoxy) is 1. The molecule has 0 spiro atoms. The van der Waals surface area contributed by atoms with Crippen molar-refractivity contribution in [3.8, 4) is 16.9 Å². The molecule has 0 aliphatic heterocycles. The molecule has 0 aliphatic rings. The van der Waals surface area contributed by atoms with E-state index >= 15 is 4.39 Å². The average molecular weight is 460 g/mol. The summed E-state index contributed by atoms with van der Waals surface area (Å²) in [4.78, 5) is 7.34. The minimum atomic E-state index is -4.46. The number of fused-ring (bicyclic) bond motifs is 1. The maximum Gasteiger partial charge on any atom is 0.265 e.